The second-order valence-corrected chi connectivity index (χ2v) is 7.51. The molecule has 0 atom stereocenters. The molecule has 0 unspecified atom stereocenters. The fourth-order valence-corrected chi connectivity index (χ4v) is 3.38. The molecule has 1 amide bonds. The summed E-state index contributed by atoms with van der Waals surface area (Å²) in [6.45, 7) is 3.82. The van der Waals surface area contributed by atoms with Gasteiger partial charge in [0.2, 0.25) is 11.7 Å². The first-order valence-electron chi connectivity index (χ1n) is 9.46. The molecule has 4 aromatic rings. The lowest BCUT2D eigenvalue weighted by molar-refractivity contribution is -0.116. The minimum absolute atomic E-state index is 0.167. The highest BCUT2D eigenvalue weighted by Gasteiger charge is 2.19. The number of aromatic nitrogens is 1. The second kappa shape index (κ2) is 8.16. The van der Waals surface area contributed by atoms with Crippen LogP contribution in [-0.4, -0.2) is 16.8 Å². The number of hydrogen-bond donors (Lipinski definition) is 1. The van der Waals surface area contributed by atoms with Gasteiger partial charge in [0.15, 0.2) is 10.9 Å². The van der Waals surface area contributed by atoms with E-state index < -0.39 is 0 Å². The topological polar surface area (TPSA) is 85.3 Å². The maximum atomic E-state index is 12.8. The number of halogens is 1. The van der Waals surface area contributed by atoms with Crippen molar-refractivity contribution >= 4 is 39.9 Å². The van der Waals surface area contributed by atoms with Gasteiger partial charge in [-0.25, -0.2) is 0 Å². The third kappa shape index (κ3) is 4.14. The molecule has 0 spiro atoms. The van der Waals surface area contributed by atoms with Crippen molar-refractivity contribution in [2.24, 2.45) is 0 Å². The van der Waals surface area contributed by atoms with Gasteiger partial charge in [-0.2, -0.15) is 0 Å². The van der Waals surface area contributed by atoms with Crippen LogP contribution in [0.4, 0.5) is 5.69 Å². The Bertz CT molecular complexity index is 1240. The van der Waals surface area contributed by atoms with Crippen LogP contribution in [0.25, 0.3) is 11.0 Å². The summed E-state index contributed by atoms with van der Waals surface area (Å²) in [4.78, 5) is 25.1. The lowest BCUT2D eigenvalue weighted by Crippen LogP contribution is -2.12. The summed E-state index contributed by atoms with van der Waals surface area (Å²) in [5, 5.41) is 7.51. The van der Waals surface area contributed by atoms with Crippen LogP contribution in [0.3, 0.4) is 0 Å². The zero-order chi connectivity index (χ0) is 21.3. The number of fused-ring (bicyclic) bond motifs is 1. The summed E-state index contributed by atoms with van der Waals surface area (Å²) < 4.78 is 10.9. The molecule has 1 N–H and O–H groups in total. The highest BCUT2D eigenvalue weighted by Crippen LogP contribution is 2.29. The van der Waals surface area contributed by atoms with Gasteiger partial charge in [-0.05, 0) is 26.0 Å². The molecule has 0 radical (unpaired) electrons. The number of furan rings is 1. The number of hydrogen-bond acceptors (Lipinski definition) is 5. The van der Waals surface area contributed by atoms with Crippen molar-refractivity contribution in [3.05, 3.63) is 81.9 Å². The normalized spacial score (nSPS) is 11.0. The van der Waals surface area contributed by atoms with Gasteiger partial charge in [0, 0.05) is 47.2 Å². The Morgan fingerprint density at radius 3 is 2.53 bits per heavy atom. The standard InChI is InChI=1S/C23H19ClN2O4/c1-13-3-5-15(6-4-13)22(28)23-14(2)18-9-7-16(11-19(18)29-23)25-21(27)10-8-17-12-20(24)26-30-17/h3-7,9,11-12H,8,10H2,1-2H3,(H,25,27). The van der Waals surface area contributed by atoms with E-state index in [1.165, 1.54) is 0 Å². The van der Waals surface area contributed by atoms with Crippen molar-refractivity contribution in [2.45, 2.75) is 26.7 Å². The molecule has 0 saturated carbocycles. The first-order chi connectivity index (χ1) is 14.4. The van der Waals surface area contributed by atoms with Gasteiger partial charge in [0.25, 0.3) is 0 Å². The number of amides is 1. The predicted octanol–water partition coefficient (Wildman–Crippen LogP) is 5.49. The maximum absolute atomic E-state index is 12.8. The monoisotopic (exact) mass is 422 g/mol. The number of aryl methyl sites for hydroxylation is 3. The Balaban J connectivity index is 1.50. The van der Waals surface area contributed by atoms with Crippen molar-refractivity contribution in [2.75, 3.05) is 5.32 Å². The molecule has 2 aromatic carbocycles. The molecule has 0 aliphatic heterocycles. The van der Waals surface area contributed by atoms with Crippen LogP contribution in [0.5, 0.6) is 0 Å². The van der Waals surface area contributed by atoms with Crippen LogP contribution < -0.4 is 5.32 Å². The van der Waals surface area contributed by atoms with E-state index in [4.69, 9.17) is 20.5 Å². The van der Waals surface area contributed by atoms with E-state index in [1.807, 2.05) is 32.0 Å². The van der Waals surface area contributed by atoms with Crippen LogP contribution in [0.2, 0.25) is 5.15 Å². The third-order valence-corrected chi connectivity index (χ3v) is 5.05. The second-order valence-electron chi connectivity index (χ2n) is 7.13. The number of nitrogens with zero attached hydrogens (tertiary/aromatic N) is 1. The summed E-state index contributed by atoms with van der Waals surface area (Å²) in [7, 11) is 0. The fraction of sp³-hybridized carbons (Fsp3) is 0.174. The molecule has 0 saturated heterocycles. The maximum Gasteiger partial charge on any atom is 0.228 e. The first kappa shape index (κ1) is 19.9. The summed E-state index contributed by atoms with van der Waals surface area (Å²) in [5.41, 5.74) is 3.56. The molecule has 0 aliphatic rings. The molecule has 0 fully saturated rings. The smallest absolute Gasteiger partial charge is 0.228 e. The zero-order valence-electron chi connectivity index (χ0n) is 16.5. The van der Waals surface area contributed by atoms with E-state index in [0.29, 0.717) is 34.8 Å². The van der Waals surface area contributed by atoms with Crippen LogP contribution in [0.15, 0.2) is 57.5 Å². The van der Waals surface area contributed by atoms with Crippen molar-refractivity contribution in [1.82, 2.24) is 5.16 Å². The van der Waals surface area contributed by atoms with Gasteiger partial charge in [0.05, 0.1) is 0 Å². The van der Waals surface area contributed by atoms with E-state index in [-0.39, 0.29) is 23.3 Å². The van der Waals surface area contributed by atoms with Gasteiger partial charge >= 0.3 is 0 Å². The molecule has 152 valence electrons. The number of nitrogens with one attached hydrogen (secondary N) is 1. The Kier molecular flexibility index (Phi) is 5.42. The van der Waals surface area contributed by atoms with Crippen molar-refractivity contribution < 1.29 is 18.5 Å². The number of benzene rings is 2. The average molecular weight is 423 g/mol. The molecule has 7 heteroatoms. The highest BCUT2D eigenvalue weighted by molar-refractivity contribution is 6.29. The van der Waals surface area contributed by atoms with E-state index >= 15 is 0 Å². The van der Waals surface area contributed by atoms with Gasteiger partial charge in [0.1, 0.15) is 11.3 Å². The lowest BCUT2D eigenvalue weighted by atomic mass is 10.0. The molecular weight excluding hydrogens is 404 g/mol. The van der Waals surface area contributed by atoms with Gasteiger partial charge in [-0.1, -0.05) is 46.6 Å². The van der Waals surface area contributed by atoms with E-state index in [1.54, 1.807) is 30.3 Å². The quantitative estimate of drug-likeness (QED) is 0.415. The summed E-state index contributed by atoms with van der Waals surface area (Å²) in [6.07, 6.45) is 0.612. The molecule has 4 rings (SSSR count). The Labute approximate surface area is 177 Å². The molecular formula is C23H19ClN2O4. The van der Waals surface area contributed by atoms with Crippen molar-refractivity contribution in [1.29, 1.82) is 0 Å². The van der Waals surface area contributed by atoms with Gasteiger partial charge in [-0.3, -0.25) is 9.59 Å². The zero-order valence-corrected chi connectivity index (χ0v) is 17.2. The van der Waals surface area contributed by atoms with Crippen LogP contribution in [0, 0.1) is 13.8 Å². The van der Waals surface area contributed by atoms with Gasteiger partial charge in [-0.15, -0.1) is 0 Å². The van der Waals surface area contributed by atoms with E-state index in [9.17, 15) is 9.59 Å². The molecule has 0 aliphatic carbocycles. The SMILES string of the molecule is Cc1ccc(C(=O)c2oc3cc(NC(=O)CCc4cc(Cl)no4)ccc3c2C)cc1. The average Bonchev–Trinajstić information content (AvgIpc) is 3.29. The molecule has 0 bridgehead atoms. The predicted molar refractivity (Wildman–Crippen MR) is 114 cm³/mol. The van der Waals surface area contributed by atoms with Crippen LogP contribution in [-0.2, 0) is 11.2 Å². The molecule has 2 heterocycles. The van der Waals surface area contributed by atoms with Crippen LogP contribution >= 0.6 is 11.6 Å². The van der Waals surface area contributed by atoms with Crippen molar-refractivity contribution in [3.63, 3.8) is 0 Å². The Morgan fingerprint density at radius 1 is 1.07 bits per heavy atom. The van der Waals surface area contributed by atoms with Crippen LogP contribution in [0.1, 0.15) is 39.4 Å². The minimum atomic E-state index is -0.180. The number of ketones is 1. The lowest BCUT2D eigenvalue weighted by Gasteiger charge is -2.04. The number of anilines is 1. The molecule has 6 nitrogen and oxygen atoms in total. The number of carbonyl (C=O) groups is 2. The van der Waals surface area contributed by atoms with Crippen molar-refractivity contribution in [3.8, 4) is 0 Å². The summed E-state index contributed by atoms with van der Waals surface area (Å²) in [5.74, 6) is 0.507. The number of rotatable bonds is 6. The van der Waals surface area contributed by atoms with E-state index in [2.05, 4.69) is 10.5 Å². The molecule has 2 aromatic heterocycles. The first-order valence-corrected chi connectivity index (χ1v) is 9.84. The van der Waals surface area contributed by atoms with E-state index in [0.717, 1.165) is 16.5 Å². The summed E-state index contributed by atoms with van der Waals surface area (Å²) in [6, 6.07) is 14.3. The third-order valence-electron chi connectivity index (χ3n) is 4.87. The highest BCUT2D eigenvalue weighted by atomic mass is 35.5. The Hall–Kier alpha value is -3.38. The minimum Gasteiger partial charge on any atom is -0.452 e. The summed E-state index contributed by atoms with van der Waals surface area (Å²) >= 11 is 5.70. The number of carbonyl (C=O) groups excluding carboxylic acids is 2. The fourth-order valence-electron chi connectivity index (χ4n) is 3.22. The molecule has 30 heavy (non-hydrogen) atoms. The van der Waals surface area contributed by atoms with Gasteiger partial charge < -0.3 is 14.3 Å². The largest absolute Gasteiger partial charge is 0.452 e. The Morgan fingerprint density at radius 2 is 1.83 bits per heavy atom.